The minimum absolute atomic E-state index is 0.0449. The highest BCUT2D eigenvalue weighted by atomic mass is 32.2. The zero-order valence-corrected chi connectivity index (χ0v) is 14.6. The normalized spacial score (nSPS) is 11.8. The Morgan fingerprint density at radius 2 is 1.96 bits per heavy atom. The average Bonchev–Trinajstić information content (AvgIpc) is 2.85. The van der Waals surface area contributed by atoms with Crippen molar-refractivity contribution in [3.63, 3.8) is 0 Å². The summed E-state index contributed by atoms with van der Waals surface area (Å²) in [6.07, 6.45) is 0.771. The molecular formula is C17H17FN2O4S. The van der Waals surface area contributed by atoms with Crippen molar-refractivity contribution in [3.8, 4) is 0 Å². The lowest BCUT2D eigenvalue weighted by molar-refractivity contribution is 0.502. The molecule has 8 heteroatoms. The van der Waals surface area contributed by atoms with Crippen LogP contribution in [0, 0.1) is 12.7 Å². The molecule has 0 bridgehead atoms. The lowest BCUT2D eigenvalue weighted by atomic mass is 10.2. The van der Waals surface area contributed by atoms with Gasteiger partial charge in [0.05, 0.1) is 16.1 Å². The van der Waals surface area contributed by atoms with Crippen LogP contribution in [0.1, 0.15) is 18.9 Å². The van der Waals surface area contributed by atoms with E-state index in [1.54, 1.807) is 12.1 Å². The summed E-state index contributed by atoms with van der Waals surface area (Å²) in [6.45, 7) is 3.95. The second-order valence-electron chi connectivity index (χ2n) is 5.72. The first-order valence-electron chi connectivity index (χ1n) is 7.74. The summed E-state index contributed by atoms with van der Waals surface area (Å²) in [4.78, 5) is 11.8. The Morgan fingerprint density at radius 3 is 2.64 bits per heavy atom. The summed E-state index contributed by atoms with van der Waals surface area (Å²) in [5.41, 5.74) is 1.40. The zero-order valence-electron chi connectivity index (χ0n) is 13.7. The van der Waals surface area contributed by atoms with Gasteiger partial charge < -0.3 is 4.42 Å². The van der Waals surface area contributed by atoms with Gasteiger partial charge in [0.25, 0.3) is 10.0 Å². The number of sulfonamides is 1. The number of oxazole rings is 1. The minimum atomic E-state index is -3.88. The molecule has 0 amide bonds. The van der Waals surface area contributed by atoms with E-state index in [1.807, 2.05) is 6.92 Å². The number of nitrogens with one attached hydrogen (secondary N) is 1. The van der Waals surface area contributed by atoms with Crippen LogP contribution in [-0.4, -0.2) is 13.0 Å². The molecule has 0 saturated carbocycles. The topological polar surface area (TPSA) is 81.3 Å². The van der Waals surface area contributed by atoms with E-state index in [0.717, 1.165) is 12.5 Å². The van der Waals surface area contributed by atoms with Crippen molar-refractivity contribution in [2.24, 2.45) is 0 Å². The molecule has 0 aliphatic carbocycles. The third kappa shape index (κ3) is 3.30. The number of aromatic nitrogens is 1. The highest BCUT2D eigenvalue weighted by Gasteiger charge is 2.17. The number of halogens is 1. The van der Waals surface area contributed by atoms with Crippen molar-refractivity contribution in [1.82, 2.24) is 4.57 Å². The van der Waals surface area contributed by atoms with Crippen molar-refractivity contribution < 1.29 is 17.2 Å². The maximum absolute atomic E-state index is 13.3. The molecule has 0 spiro atoms. The van der Waals surface area contributed by atoms with Gasteiger partial charge in [-0.15, -0.1) is 0 Å². The van der Waals surface area contributed by atoms with Gasteiger partial charge in [0, 0.05) is 12.6 Å². The highest BCUT2D eigenvalue weighted by Crippen LogP contribution is 2.22. The van der Waals surface area contributed by atoms with Crippen LogP contribution in [0.25, 0.3) is 11.1 Å². The Balaban J connectivity index is 1.97. The Kier molecular flexibility index (Phi) is 4.38. The standard InChI is InChI=1S/C17H17FN2O4S/c1-3-8-20-15-7-4-12(10-16(15)24-17(20)21)19-25(22,23)13-5-6-14(18)11(2)9-13/h4-7,9-10,19H,3,8H2,1-2H3. The third-order valence-electron chi connectivity index (χ3n) is 3.81. The smallest absolute Gasteiger partial charge is 0.408 e. The second-order valence-corrected chi connectivity index (χ2v) is 7.40. The van der Waals surface area contributed by atoms with Crippen LogP contribution in [0.3, 0.4) is 0 Å². The predicted octanol–water partition coefficient (Wildman–Crippen LogP) is 3.25. The van der Waals surface area contributed by atoms with Crippen LogP contribution in [0.15, 0.2) is 50.5 Å². The van der Waals surface area contributed by atoms with Gasteiger partial charge in [0.15, 0.2) is 5.58 Å². The van der Waals surface area contributed by atoms with E-state index in [9.17, 15) is 17.6 Å². The van der Waals surface area contributed by atoms with Crippen molar-refractivity contribution >= 4 is 26.8 Å². The van der Waals surface area contributed by atoms with Crippen molar-refractivity contribution in [2.45, 2.75) is 31.7 Å². The van der Waals surface area contributed by atoms with Gasteiger partial charge in [-0.05, 0) is 49.2 Å². The van der Waals surface area contributed by atoms with Gasteiger partial charge in [-0.1, -0.05) is 6.92 Å². The molecule has 1 aromatic heterocycles. The lowest BCUT2D eigenvalue weighted by Gasteiger charge is -2.09. The molecule has 1 heterocycles. The van der Waals surface area contributed by atoms with Crippen LogP contribution in [-0.2, 0) is 16.6 Å². The molecule has 25 heavy (non-hydrogen) atoms. The molecule has 0 aliphatic rings. The zero-order chi connectivity index (χ0) is 18.2. The quantitative estimate of drug-likeness (QED) is 0.753. The summed E-state index contributed by atoms with van der Waals surface area (Å²) >= 11 is 0. The Morgan fingerprint density at radius 1 is 1.20 bits per heavy atom. The van der Waals surface area contributed by atoms with Crippen LogP contribution < -0.4 is 10.5 Å². The second kappa shape index (κ2) is 6.36. The van der Waals surface area contributed by atoms with Crippen LogP contribution >= 0.6 is 0 Å². The molecule has 132 valence electrons. The first kappa shape index (κ1) is 17.2. The molecule has 6 nitrogen and oxygen atoms in total. The maximum Gasteiger partial charge on any atom is 0.419 e. The fourth-order valence-electron chi connectivity index (χ4n) is 2.56. The van der Waals surface area contributed by atoms with Gasteiger partial charge in [0.2, 0.25) is 0 Å². The highest BCUT2D eigenvalue weighted by molar-refractivity contribution is 7.92. The van der Waals surface area contributed by atoms with Crippen LogP contribution in [0.5, 0.6) is 0 Å². The van der Waals surface area contributed by atoms with Gasteiger partial charge in [0.1, 0.15) is 5.82 Å². The Labute approximate surface area is 143 Å². The minimum Gasteiger partial charge on any atom is -0.408 e. The molecule has 0 radical (unpaired) electrons. The first-order chi connectivity index (χ1) is 11.8. The fourth-order valence-corrected chi connectivity index (χ4v) is 3.70. The summed E-state index contributed by atoms with van der Waals surface area (Å²) in [6, 6.07) is 8.20. The predicted molar refractivity (Wildman–Crippen MR) is 92.7 cm³/mol. The summed E-state index contributed by atoms with van der Waals surface area (Å²) in [5.74, 6) is -0.953. The number of anilines is 1. The number of hydrogen-bond acceptors (Lipinski definition) is 4. The van der Waals surface area contributed by atoms with Gasteiger partial charge in [-0.3, -0.25) is 9.29 Å². The number of benzene rings is 2. The molecule has 0 atom stereocenters. The first-order valence-corrected chi connectivity index (χ1v) is 9.22. The van der Waals surface area contributed by atoms with E-state index >= 15 is 0 Å². The van der Waals surface area contributed by atoms with E-state index in [2.05, 4.69) is 4.72 Å². The average molecular weight is 364 g/mol. The molecule has 2 aromatic carbocycles. The number of nitrogens with zero attached hydrogens (tertiary/aromatic N) is 1. The number of rotatable bonds is 5. The van der Waals surface area contributed by atoms with Gasteiger partial charge in [-0.2, -0.15) is 0 Å². The molecule has 0 unspecified atom stereocenters. The molecular weight excluding hydrogens is 347 g/mol. The van der Waals surface area contributed by atoms with Crippen LogP contribution in [0.2, 0.25) is 0 Å². The summed E-state index contributed by atoms with van der Waals surface area (Å²) in [5, 5.41) is 0. The van der Waals surface area contributed by atoms with Crippen molar-refractivity contribution in [1.29, 1.82) is 0 Å². The SMILES string of the molecule is CCCn1c(=O)oc2cc(NS(=O)(=O)c3ccc(F)c(C)c3)ccc21. The van der Waals surface area contributed by atoms with Gasteiger partial charge >= 0.3 is 5.76 Å². The lowest BCUT2D eigenvalue weighted by Crippen LogP contribution is -2.14. The van der Waals surface area contributed by atoms with Crippen molar-refractivity contribution in [2.75, 3.05) is 4.72 Å². The molecule has 3 aromatic rings. The number of fused-ring (bicyclic) bond motifs is 1. The molecule has 1 N–H and O–H groups in total. The molecule has 0 fully saturated rings. The van der Waals surface area contributed by atoms with E-state index in [0.29, 0.717) is 17.6 Å². The third-order valence-corrected chi connectivity index (χ3v) is 5.19. The van der Waals surface area contributed by atoms with E-state index in [1.165, 1.54) is 29.7 Å². The largest absolute Gasteiger partial charge is 0.419 e. The molecule has 0 aliphatic heterocycles. The number of hydrogen-bond donors (Lipinski definition) is 1. The van der Waals surface area contributed by atoms with E-state index in [4.69, 9.17) is 4.42 Å². The van der Waals surface area contributed by atoms with Crippen LogP contribution in [0.4, 0.5) is 10.1 Å². The van der Waals surface area contributed by atoms with Gasteiger partial charge in [-0.25, -0.2) is 17.6 Å². The molecule has 0 saturated heterocycles. The maximum atomic E-state index is 13.3. The molecule has 3 rings (SSSR count). The Hall–Kier alpha value is -2.61. The summed E-state index contributed by atoms with van der Waals surface area (Å²) in [7, 11) is -3.88. The fraction of sp³-hybridized carbons (Fsp3) is 0.235. The number of aryl methyl sites for hydroxylation is 2. The monoisotopic (exact) mass is 364 g/mol. The summed E-state index contributed by atoms with van der Waals surface area (Å²) < 4.78 is 47.3. The Bertz CT molecular complexity index is 1100. The van der Waals surface area contributed by atoms with E-state index in [-0.39, 0.29) is 16.1 Å². The van der Waals surface area contributed by atoms with E-state index < -0.39 is 21.6 Å². The van der Waals surface area contributed by atoms with Crippen molar-refractivity contribution in [3.05, 3.63) is 58.3 Å².